The lowest BCUT2D eigenvalue weighted by Crippen LogP contribution is -2.29. The molecule has 0 bridgehead atoms. The predicted octanol–water partition coefficient (Wildman–Crippen LogP) is 1.84. The highest BCUT2D eigenvalue weighted by molar-refractivity contribution is 4.64. The second-order valence-corrected chi connectivity index (χ2v) is 3.32. The third-order valence-corrected chi connectivity index (χ3v) is 2.25. The van der Waals surface area contributed by atoms with Crippen molar-refractivity contribution in [2.75, 3.05) is 19.8 Å². The van der Waals surface area contributed by atoms with Crippen LogP contribution in [-0.2, 0) is 9.47 Å². The van der Waals surface area contributed by atoms with Gasteiger partial charge in [-0.05, 0) is 12.3 Å². The van der Waals surface area contributed by atoms with Crippen LogP contribution in [0.4, 0.5) is 0 Å². The molecular weight excluding hydrogens is 140 g/mol. The molecule has 0 aromatic rings. The Morgan fingerprint density at radius 1 is 1.45 bits per heavy atom. The molecule has 66 valence electrons. The molecule has 0 saturated carbocycles. The van der Waals surface area contributed by atoms with Crippen molar-refractivity contribution in [3.05, 3.63) is 0 Å². The Kier molecular flexibility index (Phi) is 3.87. The summed E-state index contributed by atoms with van der Waals surface area (Å²) in [5.41, 5.74) is 0. The normalized spacial score (nSPS) is 28.4. The molecule has 0 aliphatic carbocycles. The van der Waals surface area contributed by atoms with Crippen LogP contribution in [0.25, 0.3) is 0 Å². The molecule has 0 spiro atoms. The van der Waals surface area contributed by atoms with E-state index in [0.29, 0.717) is 6.10 Å². The standard InChI is InChI=1S/C9H18O2/c1-3-8(2)6-9-7-10-4-5-11-9/h8-9H,3-7H2,1-2H3. The quantitative estimate of drug-likeness (QED) is 0.624. The Balaban J connectivity index is 2.13. The summed E-state index contributed by atoms with van der Waals surface area (Å²) in [7, 11) is 0. The van der Waals surface area contributed by atoms with Crippen molar-refractivity contribution >= 4 is 0 Å². The van der Waals surface area contributed by atoms with E-state index >= 15 is 0 Å². The van der Waals surface area contributed by atoms with Gasteiger partial charge >= 0.3 is 0 Å². The van der Waals surface area contributed by atoms with Crippen LogP contribution < -0.4 is 0 Å². The van der Waals surface area contributed by atoms with Crippen LogP contribution in [0.2, 0.25) is 0 Å². The maximum Gasteiger partial charge on any atom is 0.0812 e. The minimum atomic E-state index is 0.360. The van der Waals surface area contributed by atoms with Gasteiger partial charge < -0.3 is 9.47 Å². The van der Waals surface area contributed by atoms with Gasteiger partial charge in [0.25, 0.3) is 0 Å². The smallest absolute Gasteiger partial charge is 0.0812 e. The summed E-state index contributed by atoms with van der Waals surface area (Å²) in [5.74, 6) is 0.765. The average Bonchev–Trinajstić information content (AvgIpc) is 2.06. The Bertz CT molecular complexity index is 97.7. The first-order valence-corrected chi connectivity index (χ1v) is 4.52. The van der Waals surface area contributed by atoms with Crippen LogP contribution in [0, 0.1) is 5.92 Å². The third kappa shape index (κ3) is 3.21. The Morgan fingerprint density at radius 2 is 2.27 bits per heavy atom. The van der Waals surface area contributed by atoms with Gasteiger partial charge in [-0.15, -0.1) is 0 Å². The van der Waals surface area contributed by atoms with Crippen molar-refractivity contribution in [3.8, 4) is 0 Å². The summed E-state index contributed by atoms with van der Waals surface area (Å²) < 4.78 is 10.8. The van der Waals surface area contributed by atoms with Gasteiger partial charge in [0, 0.05) is 0 Å². The van der Waals surface area contributed by atoms with Gasteiger partial charge in [0.1, 0.15) is 0 Å². The Labute approximate surface area is 68.9 Å². The number of hydrogen-bond acceptors (Lipinski definition) is 2. The lowest BCUT2D eigenvalue weighted by atomic mass is 10.0. The van der Waals surface area contributed by atoms with Crippen molar-refractivity contribution in [1.82, 2.24) is 0 Å². The summed E-state index contributed by atoms with van der Waals surface area (Å²) in [6.07, 6.45) is 2.75. The van der Waals surface area contributed by atoms with E-state index in [0.717, 1.165) is 32.2 Å². The van der Waals surface area contributed by atoms with Crippen LogP contribution in [0.1, 0.15) is 26.7 Å². The lowest BCUT2D eigenvalue weighted by molar-refractivity contribution is -0.0951. The molecule has 1 aliphatic heterocycles. The fourth-order valence-electron chi connectivity index (χ4n) is 1.29. The molecular formula is C9H18O2. The molecule has 11 heavy (non-hydrogen) atoms. The molecule has 1 saturated heterocycles. The minimum Gasteiger partial charge on any atom is -0.376 e. The monoisotopic (exact) mass is 158 g/mol. The van der Waals surface area contributed by atoms with E-state index in [2.05, 4.69) is 13.8 Å². The maximum absolute atomic E-state index is 5.53. The predicted molar refractivity (Wildman–Crippen MR) is 44.6 cm³/mol. The summed E-state index contributed by atoms with van der Waals surface area (Å²) >= 11 is 0. The first-order valence-electron chi connectivity index (χ1n) is 4.52. The molecule has 2 atom stereocenters. The highest BCUT2D eigenvalue weighted by atomic mass is 16.6. The van der Waals surface area contributed by atoms with E-state index in [9.17, 15) is 0 Å². The topological polar surface area (TPSA) is 18.5 Å². The molecule has 1 fully saturated rings. The largest absolute Gasteiger partial charge is 0.376 e. The lowest BCUT2D eigenvalue weighted by Gasteiger charge is -2.24. The molecule has 0 N–H and O–H groups in total. The summed E-state index contributed by atoms with van der Waals surface area (Å²) in [6, 6.07) is 0. The minimum absolute atomic E-state index is 0.360. The van der Waals surface area contributed by atoms with Crippen molar-refractivity contribution in [2.45, 2.75) is 32.8 Å². The zero-order chi connectivity index (χ0) is 8.10. The fourth-order valence-corrected chi connectivity index (χ4v) is 1.29. The van der Waals surface area contributed by atoms with E-state index in [1.54, 1.807) is 0 Å². The first-order chi connectivity index (χ1) is 5.33. The van der Waals surface area contributed by atoms with Crippen molar-refractivity contribution in [3.63, 3.8) is 0 Å². The molecule has 0 aromatic carbocycles. The van der Waals surface area contributed by atoms with Gasteiger partial charge in [-0.2, -0.15) is 0 Å². The van der Waals surface area contributed by atoms with Gasteiger partial charge in [0.15, 0.2) is 0 Å². The molecule has 1 rings (SSSR count). The Morgan fingerprint density at radius 3 is 2.82 bits per heavy atom. The van der Waals surface area contributed by atoms with E-state index in [1.165, 1.54) is 6.42 Å². The molecule has 2 heteroatoms. The van der Waals surface area contributed by atoms with Gasteiger partial charge in [0.2, 0.25) is 0 Å². The van der Waals surface area contributed by atoms with Gasteiger partial charge in [-0.3, -0.25) is 0 Å². The van der Waals surface area contributed by atoms with Crippen LogP contribution >= 0.6 is 0 Å². The maximum atomic E-state index is 5.53. The number of ether oxygens (including phenoxy) is 2. The van der Waals surface area contributed by atoms with E-state index in [1.807, 2.05) is 0 Å². The van der Waals surface area contributed by atoms with Crippen LogP contribution in [0.3, 0.4) is 0 Å². The second-order valence-electron chi connectivity index (χ2n) is 3.32. The SMILES string of the molecule is CCC(C)CC1COCCO1. The number of hydrogen-bond donors (Lipinski definition) is 0. The summed E-state index contributed by atoms with van der Waals surface area (Å²) in [6.45, 7) is 6.83. The van der Waals surface area contributed by atoms with Crippen molar-refractivity contribution in [2.24, 2.45) is 5.92 Å². The summed E-state index contributed by atoms with van der Waals surface area (Å²) in [4.78, 5) is 0. The fraction of sp³-hybridized carbons (Fsp3) is 1.00. The molecule has 1 aliphatic rings. The van der Waals surface area contributed by atoms with Crippen LogP contribution in [0.15, 0.2) is 0 Å². The first kappa shape index (κ1) is 9.01. The second kappa shape index (κ2) is 4.73. The zero-order valence-electron chi connectivity index (χ0n) is 7.51. The molecule has 0 aromatic heterocycles. The van der Waals surface area contributed by atoms with Gasteiger partial charge in [0.05, 0.1) is 25.9 Å². The molecule has 2 nitrogen and oxygen atoms in total. The highest BCUT2D eigenvalue weighted by Crippen LogP contribution is 2.14. The van der Waals surface area contributed by atoms with E-state index in [-0.39, 0.29) is 0 Å². The molecule has 0 amide bonds. The average molecular weight is 158 g/mol. The molecule has 2 unspecified atom stereocenters. The molecule has 1 heterocycles. The van der Waals surface area contributed by atoms with Gasteiger partial charge in [-0.1, -0.05) is 20.3 Å². The zero-order valence-corrected chi connectivity index (χ0v) is 7.51. The van der Waals surface area contributed by atoms with Crippen molar-refractivity contribution in [1.29, 1.82) is 0 Å². The van der Waals surface area contributed by atoms with E-state index < -0.39 is 0 Å². The highest BCUT2D eigenvalue weighted by Gasteiger charge is 2.16. The van der Waals surface area contributed by atoms with E-state index in [4.69, 9.17) is 9.47 Å². The number of rotatable bonds is 3. The molecule has 0 radical (unpaired) electrons. The Hall–Kier alpha value is -0.0800. The summed E-state index contributed by atoms with van der Waals surface area (Å²) in [5, 5.41) is 0. The van der Waals surface area contributed by atoms with Gasteiger partial charge in [-0.25, -0.2) is 0 Å². The van der Waals surface area contributed by atoms with Crippen LogP contribution in [-0.4, -0.2) is 25.9 Å². The third-order valence-electron chi connectivity index (χ3n) is 2.25. The van der Waals surface area contributed by atoms with Crippen LogP contribution in [0.5, 0.6) is 0 Å². The van der Waals surface area contributed by atoms with Crippen molar-refractivity contribution < 1.29 is 9.47 Å².